The van der Waals surface area contributed by atoms with Crippen LogP contribution in [0.3, 0.4) is 0 Å². The number of pyridine rings is 1. The summed E-state index contributed by atoms with van der Waals surface area (Å²) in [6, 6.07) is 6.35. The standard InChI is InChI=1S/C27H29F6N5O/c28-26(29,30)17-8-10-18(11-9-17)37-25(23-21(27(31,32)33)7-4-14-35-23)20-12-15-34-16-13-22(20)36-24(38-25)39-19-5-2-1-3-6-19/h4,7-11,14,19,34,37H,1-3,5-6,12-13,15-16H2,(H,36,38). The third-order valence-corrected chi connectivity index (χ3v) is 7.26. The minimum atomic E-state index is -4.76. The molecule has 1 saturated carbocycles. The van der Waals surface area contributed by atoms with Gasteiger partial charge in [-0.2, -0.15) is 31.3 Å². The molecule has 2 aromatic rings. The first-order chi connectivity index (χ1) is 18.6. The molecule has 3 N–H and O–H groups in total. The number of anilines is 1. The van der Waals surface area contributed by atoms with E-state index in [-0.39, 0.29) is 17.8 Å². The molecule has 0 spiro atoms. The lowest BCUT2D eigenvalue weighted by atomic mass is 9.86. The summed E-state index contributed by atoms with van der Waals surface area (Å²) in [5.74, 6) is 0. The van der Waals surface area contributed by atoms with E-state index in [1.54, 1.807) is 0 Å². The van der Waals surface area contributed by atoms with Gasteiger partial charge >= 0.3 is 12.4 Å². The normalized spacial score (nSPS) is 22.9. The highest BCUT2D eigenvalue weighted by molar-refractivity contribution is 5.80. The Morgan fingerprint density at radius 3 is 2.31 bits per heavy atom. The number of aromatic nitrogens is 1. The highest BCUT2D eigenvalue weighted by atomic mass is 19.4. The second kappa shape index (κ2) is 10.7. The molecule has 12 heteroatoms. The quantitative estimate of drug-likeness (QED) is 0.386. The van der Waals surface area contributed by atoms with Crippen molar-refractivity contribution in [3.8, 4) is 0 Å². The SMILES string of the molecule is FC(F)(F)c1ccc(NC2(c3ncccc3C(F)(F)F)N=C(OC3CCCCC3)NC3=C2CCNCC3)cc1. The van der Waals surface area contributed by atoms with Crippen LogP contribution in [-0.2, 0) is 22.8 Å². The summed E-state index contributed by atoms with van der Waals surface area (Å²) in [5.41, 5.74) is -2.79. The molecule has 0 amide bonds. The van der Waals surface area contributed by atoms with Gasteiger partial charge in [0.2, 0.25) is 5.66 Å². The number of hydrogen-bond donors (Lipinski definition) is 3. The van der Waals surface area contributed by atoms with Gasteiger partial charge in [-0.1, -0.05) is 6.42 Å². The van der Waals surface area contributed by atoms with E-state index < -0.39 is 34.8 Å². The molecule has 5 rings (SSSR count). The average Bonchev–Trinajstić information content (AvgIpc) is 3.15. The molecule has 210 valence electrons. The molecule has 1 aliphatic carbocycles. The number of benzene rings is 1. The molecule has 0 saturated heterocycles. The third-order valence-electron chi connectivity index (χ3n) is 7.26. The van der Waals surface area contributed by atoms with E-state index in [0.717, 1.165) is 50.3 Å². The third kappa shape index (κ3) is 5.85. The largest absolute Gasteiger partial charge is 0.462 e. The molecule has 6 nitrogen and oxygen atoms in total. The van der Waals surface area contributed by atoms with Crippen LogP contribution in [0.15, 0.2) is 58.9 Å². The van der Waals surface area contributed by atoms with E-state index in [1.165, 1.54) is 24.4 Å². The van der Waals surface area contributed by atoms with E-state index in [2.05, 4.69) is 20.9 Å². The van der Waals surface area contributed by atoms with Crippen molar-refractivity contribution in [2.45, 2.75) is 69.1 Å². The maximum absolute atomic E-state index is 14.4. The lowest BCUT2D eigenvalue weighted by Gasteiger charge is -2.40. The number of aliphatic imine (C=N–C) groups is 1. The number of nitrogens with one attached hydrogen (secondary N) is 3. The van der Waals surface area contributed by atoms with Crippen molar-refractivity contribution in [2.75, 3.05) is 18.4 Å². The van der Waals surface area contributed by atoms with Crippen molar-refractivity contribution in [3.05, 3.63) is 70.7 Å². The first-order valence-corrected chi connectivity index (χ1v) is 13.0. The summed E-state index contributed by atoms with van der Waals surface area (Å²) in [7, 11) is 0. The van der Waals surface area contributed by atoms with E-state index >= 15 is 0 Å². The second-order valence-electron chi connectivity index (χ2n) is 9.93. The molecular weight excluding hydrogens is 524 g/mol. The van der Waals surface area contributed by atoms with E-state index in [1.807, 2.05) is 0 Å². The van der Waals surface area contributed by atoms with Gasteiger partial charge in [-0.3, -0.25) is 4.98 Å². The van der Waals surface area contributed by atoms with Gasteiger partial charge in [0.1, 0.15) is 11.8 Å². The smallest absolute Gasteiger partial charge is 0.418 e. The van der Waals surface area contributed by atoms with Gasteiger partial charge in [-0.05, 0) is 75.0 Å². The van der Waals surface area contributed by atoms with Gasteiger partial charge in [0.05, 0.1) is 11.1 Å². The average molecular weight is 554 g/mol. The van der Waals surface area contributed by atoms with Gasteiger partial charge < -0.3 is 20.7 Å². The number of hydrogen-bond acceptors (Lipinski definition) is 6. The van der Waals surface area contributed by atoms with Crippen molar-refractivity contribution in [1.82, 2.24) is 15.6 Å². The number of rotatable bonds is 4. The number of ether oxygens (including phenoxy) is 1. The monoisotopic (exact) mass is 553 g/mol. The Bertz CT molecular complexity index is 1230. The number of nitrogens with zero attached hydrogens (tertiary/aromatic N) is 2. The summed E-state index contributed by atoms with van der Waals surface area (Å²) < 4.78 is 89.0. The zero-order valence-corrected chi connectivity index (χ0v) is 21.1. The molecular formula is C27H29F6N5O. The van der Waals surface area contributed by atoms with Gasteiger partial charge in [-0.25, -0.2) is 0 Å². The predicted molar refractivity (Wildman–Crippen MR) is 134 cm³/mol. The fraction of sp³-hybridized carbons (Fsp3) is 0.481. The summed E-state index contributed by atoms with van der Waals surface area (Å²) in [6.45, 7) is 1.05. The maximum atomic E-state index is 14.4. The molecule has 1 unspecified atom stereocenters. The van der Waals surface area contributed by atoms with Crippen LogP contribution in [0.1, 0.15) is 61.8 Å². The Hall–Kier alpha value is -3.28. The van der Waals surface area contributed by atoms with E-state index in [9.17, 15) is 26.3 Å². The van der Waals surface area contributed by atoms with Crippen LogP contribution in [0.25, 0.3) is 0 Å². The zero-order chi connectivity index (χ0) is 27.7. The van der Waals surface area contributed by atoms with Gasteiger partial charge in [-0.15, -0.1) is 0 Å². The first-order valence-electron chi connectivity index (χ1n) is 13.0. The van der Waals surface area contributed by atoms with Crippen LogP contribution in [0.2, 0.25) is 0 Å². The van der Waals surface area contributed by atoms with Crippen LogP contribution in [0, 0.1) is 0 Å². The predicted octanol–water partition coefficient (Wildman–Crippen LogP) is 6.33. The molecule has 2 aliphatic heterocycles. The molecule has 3 heterocycles. The fourth-order valence-corrected chi connectivity index (χ4v) is 5.40. The first kappa shape index (κ1) is 27.3. The lowest BCUT2D eigenvalue weighted by molar-refractivity contribution is -0.139. The van der Waals surface area contributed by atoms with Crippen molar-refractivity contribution in [2.24, 2.45) is 4.99 Å². The van der Waals surface area contributed by atoms with Crippen molar-refractivity contribution in [1.29, 1.82) is 0 Å². The Morgan fingerprint density at radius 2 is 1.62 bits per heavy atom. The topological polar surface area (TPSA) is 70.6 Å². The highest BCUT2D eigenvalue weighted by Gasteiger charge is 2.49. The van der Waals surface area contributed by atoms with Crippen molar-refractivity contribution in [3.63, 3.8) is 0 Å². The molecule has 0 radical (unpaired) electrons. The maximum Gasteiger partial charge on any atom is 0.418 e. The van der Waals surface area contributed by atoms with Crippen LogP contribution in [0.5, 0.6) is 0 Å². The summed E-state index contributed by atoms with van der Waals surface area (Å²) in [4.78, 5) is 8.94. The molecule has 39 heavy (non-hydrogen) atoms. The Balaban J connectivity index is 1.68. The molecule has 1 aromatic carbocycles. The number of halogens is 6. The van der Waals surface area contributed by atoms with Gasteiger partial charge in [0.25, 0.3) is 6.02 Å². The fourth-order valence-electron chi connectivity index (χ4n) is 5.40. The summed E-state index contributed by atoms with van der Waals surface area (Å²) >= 11 is 0. The molecule has 1 fully saturated rings. The van der Waals surface area contributed by atoms with Crippen LogP contribution < -0.4 is 16.0 Å². The van der Waals surface area contributed by atoms with E-state index in [0.29, 0.717) is 37.2 Å². The molecule has 3 aliphatic rings. The lowest BCUT2D eigenvalue weighted by Crippen LogP contribution is -2.47. The Labute approximate surface area is 221 Å². The minimum absolute atomic E-state index is 0.0701. The molecule has 1 aromatic heterocycles. The molecule has 0 bridgehead atoms. The van der Waals surface area contributed by atoms with Gasteiger partial charge in [0, 0.05) is 36.1 Å². The minimum Gasteiger partial charge on any atom is -0.462 e. The van der Waals surface area contributed by atoms with Crippen LogP contribution >= 0.6 is 0 Å². The summed E-state index contributed by atoms with van der Waals surface area (Å²) in [6.07, 6.45) is -2.78. The Morgan fingerprint density at radius 1 is 0.897 bits per heavy atom. The van der Waals surface area contributed by atoms with E-state index in [4.69, 9.17) is 9.73 Å². The zero-order valence-electron chi connectivity index (χ0n) is 21.1. The van der Waals surface area contributed by atoms with Crippen molar-refractivity contribution < 1.29 is 31.1 Å². The second-order valence-corrected chi connectivity index (χ2v) is 9.93. The number of amidine groups is 1. The van der Waals surface area contributed by atoms with Crippen LogP contribution in [-0.4, -0.2) is 30.2 Å². The summed E-state index contributed by atoms with van der Waals surface area (Å²) in [5, 5.41) is 9.54. The van der Waals surface area contributed by atoms with Gasteiger partial charge in [0.15, 0.2) is 0 Å². The van der Waals surface area contributed by atoms with Crippen molar-refractivity contribution >= 4 is 11.7 Å². The Kier molecular flexibility index (Phi) is 7.49. The molecule has 1 atom stereocenters. The van der Waals surface area contributed by atoms with Crippen LogP contribution in [0.4, 0.5) is 32.0 Å². The highest BCUT2D eigenvalue weighted by Crippen LogP contribution is 2.45. The number of alkyl halides is 6.